The lowest BCUT2D eigenvalue weighted by Gasteiger charge is -2.16. The Labute approximate surface area is 160 Å². The second-order valence-electron chi connectivity index (χ2n) is 5.35. The van der Waals surface area contributed by atoms with Crippen LogP contribution in [0.3, 0.4) is 0 Å². The topological polar surface area (TPSA) is 58.6 Å². The molecule has 2 N–H and O–H groups in total. The summed E-state index contributed by atoms with van der Waals surface area (Å²) in [6, 6.07) is 7.55. The van der Waals surface area contributed by atoms with Crippen molar-refractivity contribution in [2.75, 3.05) is 7.05 Å². The smallest absolute Gasteiger partial charge is 0.416 e. The van der Waals surface area contributed by atoms with E-state index in [1.54, 1.807) is 0 Å². The molecule has 0 fully saturated rings. The molecule has 0 saturated heterocycles. The maximum absolute atomic E-state index is 13.3. The maximum Gasteiger partial charge on any atom is 0.416 e. The zero-order chi connectivity index (χ0) is 21.5. The zero-order valence-corrected chi connectivity index (χ0v) is 15.8. The van der Waals surface area contributed by atoms with Crippen LogP contribution < -0.4 is 10.1 Å². The SMILES string of the molecule is CC.CN/C(Oc1cccc(C(F)(F)F)c1)=C(/C(=O)O)c1ccc(F)cc1C. The molecule has 28 heavy (non-hydrogen) atoms. The van der Waals surface area contributed by atoms with Gasteiger partial charge in [-0.2, -0.15) is 13.2 Å². The Balaban J connectivity index is 0.00000190. The summed E-state index contributed by atoms with van der Waals surface area (Å²) in [5.74, 6) is -2.38. The lowest BCUT2D eigenvalue weighted by Crippen LogP contribution is -2.19. The normalized spacial score (nSPS) is 11.7. The van der Waals surface area contributed by atoms with E-state index in [-0.39, 0.29) is 22.8 Å². The Kier molecular flexibility index (Phi) is 8.03. The third kappa shape index (κ3) is 5.73. The Hall–Kier alpha value is -3.03. The molecule has 2 aromatic carbocycles. The van der Waals surface area contributed by atoms with Crippen molar-refractivity contribution in [3.05, 3.63) is 70.9 Å². The van der Waals surface area contributed by atoms with Crippen LogP contribution in [-0.2, 0) is 11.0 Å². The first-order valence-corrected chi connectivity index (χ1v) is 8.40. The van der Waals surface area contributed by atoms with E-state index in [1.165, 1.54) is 26.1 Å². The predicted octanol–water partition coefficient (Wildman–Crippen LogP) is 5.23. The number of benzene rings is 2. The van der Waals surface area contributed by atoms with Crippen molar-refractivity contribution in [3.63, 3.8) is 0 Å². The highest BCUT2D eigenvalue weighted by atomic mass is 19.4. The number of aliphatic carboxylic acids is 1. The van der Waals surface area contributed by atoms with Crippen molar-refractivity contribution >= 4 is 11.5 Å². The van der Waals surface area contributed by atoms with Gasteiger partial charge in [0.25, 0.3) is 0 Å². The number of halogens is 4. The largest absolute Gasteiger partial charge is 0.477 e. The van der Waals surface area contributed by atoms with Gasteiger partial charge in [0.15, 0.2) is 0 Å². The first kappa shape index (κ1) is 23.0. The summed E-state index contributed by atoms with van der Waals surface area (Å²) in [7, 11) is 1.37. The van der Waals surface area contributed by atoms with Crippen molar-refractivity contribution in [3.8, 4) is 5.75 Å². The molecule has 0 aliphatic rings. The minimum absolute atomic E-state index is 0.176. The van der Waals surface area contributed by atoms with Crippen LogP contribution in [0.4, 0.5) is 17.6 Å². The number of carbonyl (C=O) groups is 1. The Morgan fingerprint density at radius 3 is 2.25 bits per heavy atom. The first-order chi connectivity index (χ1) is 13.1. The number of nitrogens with one attached hydrogen (secondary N) is 1. The molecular weight excluding hydrogens is 378 g/mol. The van der Waals surface area contributed by atoms with Gasteiger partial charge in [-0.25, -0.2) is 9.18 Å². The summed E-state index contributed by atoms with van der Waals surface area (Å²) >= 11 is 0. The van der Waals surface area contributed by atoms with E-state index in [9.17, 15) is 27.5 Å². The first-order valence-electron chi connectivity index (χ1n) is 8.40. The summed E-state index contributed by atoms with van der Waals surface area (Å²) in [4.78, 5) is 11.7. The molecule has 0 radical (unpaired) electrons. The third-order valence-corrected chi connectivity index (χ3v) is 3.51. The second-order valence-corrected chi connectivity index (χ2v) is 5.35. The van der Waals surface area contributed by atoms with Crippen LogP contribution in [0.5, 0.6) is 5.75 Å². The molecule has 2 aromatic rings. The van der Waals surface area contributed by atoms with Gasteiger partial charge in [-0.15, -0.1) is 0 Å². The van der Waals surface area contributed by atoms with Crippen LogP contribution in [0, 0.1) is 12.7 Å². The molecule has 8 heteroatoms. The van der Waals surface area contributed by atoms with Crippen LogP contribution in [0.2, 0.25) is 0 Å². The van der Waals surface area contributed by atoms with E-state index < -0.39 is 23.5 Å². The molecule has 0 bridgehead atoms. The van der Waals surface area contributed by atoms with E-state index in [1.807, 2.05) is 13.8 Å². The highest BCUT2D eigenvalue weighted by Gasteiger charge is 2.31. The Morgan fingerprint density at radius 1 is 1.11 bits per heavy atom. The number of ether oxygens (including phenoxy) is 1. The summed E-state index contributed by atoms with van der Waals surface area (Å²) in [6.07, 6.45) is -4.56. The lowest BCUT2D eigenvalue weighted by molar-refractivity contribution is -0.137. The molecule has 0 amide bonds. The number of hydrogen-bond donors (Lipinski definition) is 2. The van der Waals surface area contributed by atoms with Crippen molar-refractivity contribution in [2.24, 2.45) is 0 Å². The van der Waals surface area contributed by atoms with Crippen molar-refractivity contribution in [1.29, 1.82) is 0 Å². The highest BCUT2D eigenvalue weighted by Crippen LogP contribution is 2.32. The van der Waals surface area contributed by atoms with Gasteiger partial charge in [0, 0.05) is 7.05 Å². The van der Waals surface area contributed by atoms with Gasteiger partial charge < -0.3 is 15.2 Å². The van der Waals surface area contributed by atoms with E-state index in [4.69, 9.17) is 4.74 Å². The summed E-state index contributed by atoms with van der Waals surface area (Å²) in [5.41, 5.74) is -0.749. The average Bonchev–Trinajstić information content (AvgIpc) is 2.63. The molecule has 2 rings (SSSR count). The van der Waals surface area contributed by atoms with Crippen molar-refractivity contribution in [1.82, 2.24) is 5.32 Å². The molecule has 0 aliphatic carbocycles. The average molecular weight is 399 g/mol. The number of aryl methyl sites for hydroxylation is 1. The highest BCUT2D eigenvalue weighted by molar-refractivity contribution is 6.16. The van der Waals surface area contributed by atoms with Gasteiger partial charge in [0.05, 0.1) is 5.56 Å². The van der Waals surface area contributed by atoms with E-state index in [2.05, 4.69) is 5.32 Å². The van der Waals surface area contributed by atoms with E-state index in [0.717, 1.165) is 30.3 Å². The van der Waals surface area contributed by atoms with E-state index >= 15 is 0 Å². The number of carboxylic acids is 1. The minimum Gasteiger partial charge on any atom is -0.477 e. The number of rotatable bonds is 5. The van der Waals surface area contributed by atoms with Crippen LogP contribution in [0.25, 0.3) is 5.57 Å². The molecule has 0 aromatic heterocycles. The molecule has 0 unspecified atom stereocenters. The number of alkyl halides is 3. The molecule has 0 spiro atoms. The minimum atomic E-state index is -4.56. The fraction of sp³-hybridized carbons (Fsp3) is 0.250. The fourth-order valence-corrected chi connectivity index (χ4v) is 2.32. The Bertz CT molecular complexity index is 861. The second kappa shape index (κ2) is 9.77. The van der Waals surface area contributed by atoms with Gasteiger partial charge in [0.2, 0.25) is 5.88 Å². The zero-order valence-electron chi connectivity index (χ0n) is 15.8. The Morgan fingerprint density at radius 2 is 1.75 bits per heavy atom. The summed E-state index contributed by atoms with van der Waals surface area (Å²) in [5, 5.41) is 12.1. The fourth-order valence-electron chi connectivity index (χ4n) is 2.32. The van der Waals surface area contributed by atoms with Crippen molar-refractivity contribution in [2.45, 2.75) is 26.9 Å². The quantitative estimate of drug-likeness (QED) is 0.411. The standard InChI is InChI=1S/C18H15F4NO3.C2H6/c1-10-8-12(19)6-7-14(10)15(17(24)25)16(23-2)26-13-5-3-4-11(9-13)18(20,21)22;1-2/h3-9,23H,1-2H3,(H,24,25);1-2H3/b16-15-;. The van der Waals surface area contributed by atoms with E-state index in [0.29, 0.717) is 5.56 Å². The number of hydrogen-bond acceptors (Lipinski definition) is 3. The summed E-state index contributed by atoms with van der Waals surface area (Å²) < 4.78 is 57.1. The predicted molar refractivity (Wildman–Crippen MR) is 98.2 cm³/mol. The maximum atomic E-state index is 13.3. The third-order valence-electron chi connectivity index (χ3n) is 3.51. The van der Waals surface area contributed by atoms with Gasteiger partial charge in [-0.3, -0.25) is 0 Å². The molecule has 0 aliphatic heterocycles. The van der Waals surface area contributed by atoms with Crippen LogP contribution in [0.1, 0.15) is 30.5 Å². The van der Waals surface area contributed by atoms with Crippen LogP contribution in [-0.4, -0.2) is 18.1 Å². The molecule has 0 atom stereocenters. The van der Waals surface area contributed by atoms with Gasteiger partial charge in [0.1, 0.15) is 17.1 Å². The lowest BCUT2D eigenvalue weighted by atomic mass is 10.0. The molecule has 152 valence electrons. The van der Waals surface area contributed by atoms with Gasteiger partial charge >= 0.3 is 12.1 Å². The molecular formula is C20H21F4NO3. The number of carboxylic acid groups (broad SMARTS) is 1. The van der Waals surface area contributed by atoms with Gasteiger partial charge in [-0.05, 0) is 48.4 Å². The molecule has 0 saturated carbocycles. The molecule has 0 heterocycles. The van der Waals surface area contributed by atoms with Crippen LogP contribution >= 0.6 is 0 Å². The van der Waals surface area contributed by atoms with Gasteiger partial charge in [-0.1, -0.05) is 26.0 Å². The summed E-state index contributed by atoms with van der Waals surface area (Å²) in [6.45, 7) is 5.51. The van der Waals surface area contributed by atoms with Crippen molar-refractivity contribution < 1.29 is 32.2 Å². The van der Waals surface area contributed by atoms with Crippen LogP contribution in [0.15, 0.2) is 48.3 Å². The molecule has 4 nitrogen and oxygen atoms in total. The monoisotopic (exact) mass is 399 g/mol.